The average molecular weight is 298 g/mol. The summed E-state index contributed by atoms with van der Waals surface area (Å²) >= 11 is 5.80. The molecule has 2 N–H and O–H groups in total. The van der Waals surface area contributed by atoms with Crippen molar-refractivity contribution in [1.29, 1.82) is 0 Å². The van der Waals surface area contributed by atoms with E-state index in [4.69, 9.17) is 11.6 Å². The van der Waals surface area contributed by atoms with Crippen molar-refractivity contribution in [2.75, 3.05) is 0 Å². The van der Waals surface area contributed by atoms with Crippen LogP contribution in [-0.2, 0) is 6.54 Å². The lowest BCUT2D eigenvalue weighted by molar-refractivity contribution is 0.475. The molecule has 1 atom stereocenters. The van der Waals surface area contributed by atoms with Crippen LogP contribution in [0.3, 0.4) is 0 Å². The summed E-state index contributed by atoms with van der Waals surface area (Å²) in [6.45, 7) is 2.18. The molecule has 0 aromatic heterocycles. The van der Waals surface area contributed by atoms with Crippen LogP contribution >= 0.6 is 11.6 Å². The van der Waals surface area contributed by atoms with Crippen LogP contribution < -0.4 is 5.32 Å². The Bertz CT molecular complexity index is 619. The fraction of sp³-hybridized carbons (Fsp3) is 0.200. The van der Waals surface area contributed by atoms with Gasteiger partial charge in [-0.25, -0.2) is 8.78 Å². The molecule has 20 heavy (non-hydrogen) atoms. The van der Waals surface area contributed by atoms with E-state index in [1.807, 2.05) is 0 Å². The molecule has 1 unspecified atom stereocenters. The maximum atomic E-state index is 13.6. The maximum absolute atomic E-state index is 13.6. The molecule has 2 aromatic rings. The van der Waals surface area contributed by atoms with Gasteiger partial charge in [0.2, 0.25) is 0 Å². The van der Waals surface area contributed by atoms with Crippen molar-refractivity contribution in [2.45, 2.75) is 19.5 Å². The van der Waals surface area contributed by atoms with E-state index < -0.39 is 11.6 Å². The van der Waals surface area contributed by atoms with E-state index >= 15 is 0 Å². The van der Waals surface area contributed by atoms with Crippen LogP contribution in [0.5, 0.6) is 5.75 Å². The number of rotatable bonds is 4. The van der Waals surface area contributed by atoms with Crippen molar-refractivity contribution < 1.29 is 13.9 Å². The minimum absolute atomic E-state index is 0.0136. The van der Waals surface area contributed by atoms with Gasteiger partial charge < -0.3 is 10.4 Å². The molecule has 0 fully saturated rings. The highest BCUT2D eigenvalue weighted by Crippen LogP contribution is 2.24. The molecule has 106 valence electrons. The van der Waals surface area contributed by atoms with Gasteiger partial charge in [-0.15, -0.1) is 0 Å². The molecule has 2 aromatic carbocycles. The van der Waals surface area contributed by atoms with Crippen molar-refractivity contribution in [2.24, 2.45) is 0 Å². The van der Waals surface area contributed by atoms with Gasteiger partial charge in [-0.2, -0.15) is 0 Å². The third-order valence-electron chi connectivity index (χ3n) is 3.05. The molecule has 0 aliphatic heterocycles. The van der Waals surface area contributed by atoms with Crippen LogP contribution in [0.15, 0.2) is 36.4 Å². The molecule has 0 bridgehead atoms. The predicted octanol–water partition coefficient (Wildman–Crippen LogP) is 4.17. The number of phenolic OH excluding ortho intramolecular Hbond substituents is 1. The van der Waals surface area contributed by atoms with E-state index in [1.165, 1.54) is 12.1 Å². The summed E-state index contributed by atoms with van der Waals surface area (Å²) in [6, 6.07) is 7.86. The quantitative estimate of drug-likeness (QED) is 0.887. The summed E-state index contributed by atoms with van der Waals surface area (Å²) in [5.74, 6) is -0.905. The van der Waals surface area contributed by atoms with Gasteiger partial charge in [0.1, 0.15) is 17.4 Å². The molecule has 0 spiro atoms. The topological polar surface area (TPSA) is 32.3 Å². The largest absolute Gasteiger partial charge is 0.506 e. The van der Waals surface area contributed by atoms with Crippen LogP contribution in [0.4, 0.5) is 8.78 Å². The molecule has 5 heteroatoms. The summed E-state index contributed by atoms with van der Waals surface area (Å²) in [5.41, 5.74) is 1.12. The smallest absolute Gasteiger partial charge is 0.134 e. The van der Waals surface area contributed by atoms with Crippen LogP contribution in [0.1, 0.15) is 24.1 Å². The van der Waals surface area contributed by atoms with Crippen LogP contribution in [0, 0.1) is 11.6 Å². The van der Waals surface area contributed by atoms with E-state index in [0.29, 0.717) is 6.54 Å². The third kappa shape index (κ3) is 3.46. The first-order valence-corrected chi connectivity index (χ1v) is 6.51. The van der Waals surface area contributed by atoms with E-state index in [2.05, 4.69) is 5.32 Å². The van der Waals surface area contributed by atoms with E-state index in [9.17, 15) is 13.9 Å². The Hall–Kier alpha value is -1.65. The second-order valence-corrected chi connectivity index (χ2v) is 4.96. The van der Waals surface area contributed by atoms with Gasteiger partial charge >= 0.3 is 0 Å². The Labute approximate surface area is 121 Å². The van der Waals surface area contributed by atoms with Crippen LogP contribution in [0.25, 0.3) is 0 Å². The Morgan fingerprint density at radius 2 is 1.95 bits per heavy atom. The molecule has 0 aliphatic rings. The highest BCUT2D eigenvalue weighted by Gasteiger charge is 2.11. The van der Waals surface area contributed by atoms with Crippen molar-refractivity contribution in [3.05, 3.63) is 64.2 Å². The average Bonchev–Trinajstić information content (AvgIpc) is 2.42. The third-order valence-corrected chi connectivity index (χ3v) is 3.35. The number of halogens is 3. The summed E-state index contributed by atoms with van der Waals surface area (Å²) in [6.07, 6.45) is 0. The fourth-order valence-electron chi connectivity index (χ4n) is 1.89. The molecule has 2 rings (SSSR count). The minimum Gasteiger partial charge on any atom is -0.506 e. The minimum atomic E-state index is -0.470. The summed E-state index contributed by atoms with van der Waals surface area (Å²) in [7, 11) is 0. The number of nitrogens with one attached hydrogen (secondary N) is 1. The second kappa shape index (κ2) is 6.20. The van der Waals surface area contributed by atoms with Gasteiger partial charge in [-0.1, -0.05) is 17.7 Å². The second-order valence-electron chi connectivity index (χ2n) is 4.55. The molecular weight excluding hydrogens is 284 g/mol. The van der Waals surface area contributed by atoms with Gasteiger partial charge in [-0.05, 0) is 42.8 Å². The molecule has 0 radical (unpaired) electrons. The van der Waals surface area contributed by atoms with Gasteiger partial charge in [0.05, 0.1) is 5.02 Å². The molecule has 0 amide bonds. The van der Waals surface area contributed by atoms with Gasteiger partial charge in [0, 0.05) is 18.2 Å². The van der Waals surface area contributed by atoms with Gasteiger partial charge in [0.25, 0.3) is 0 Å². The summed E-state index contributed by atoms with van der Waals surface area (Å²) in [4.78, 5) is 0. The monoisotopic (exact) mass is 297 g/mol. The van der Waals surface area contributed by atoms with E-state index in [0.717, 1.165) is 17.7 Å². The van der Waals surface area contributed by atoms with Crippen molar-refractivity contribution in [1.82, 2.24) is 5.32 Å². The zero-order chi connectivity index (χ0) is 14.7. The number of aromatic hydroxyl groups is 1. The molecule has 2 nitrogen and oxygen atoms in total. The molecule has 0 saturated carbocycles. The Balaban J connectivity index is 2.06. The number of phenols is 1. The van der Waals surface area contributed by atoms with Gasteiger partial charge in [0.15, 0.2) is 0 Å². The first kappa shape index (κ1) is 14.8. The SMILES string of the molecule is CC(NCc1ccc(O)c(Cl)c1)c1cc(F)ccc1F. The first-order valence-electron chi connectivity index (χ1n) is 6.13. The van der Waals surface area contributed by atoms with Crippen LogP contribution in [0.2, 0.25) is 5.02 Å². The van der Waals surface area contributed by atoms with Crippen molar-refractivity contribution in [3.63, 3.8) is 0 Å². The lowest BCUT2D eigenvalue weighted by Crippen LogP contribution is -2.19. The van der Waals surface area contributed by atoms with Crippen LogP contribution in [-0.4, -0.2) is 5.11 Å². The zero-order valence-electron chi connectivity index (χ0n) is 10.8. The first-order chi connectivity index (χ1) is 9.47. The highest BCUT2D eigenvalue weighted by atomic mass is 35.5. The molecule has 0 aliphatic carbocycles. The van der Waals surface area contributed by atoms with Gasteiger partial charge in [-0.3, -0.25) is 0 Å². The number of hydrogen-bond acceptors (Lipinski definition) is 2. The Kier molecular flexibility index (Phi) is 4.57. The predicted molar refractivity (Wildman–Crippen MR) is 74.7 cm³/mol. The normalized spacial score (nSPS) is 12.4. The lowest BCUT2D eigenvalue weighted by atomic mass is 10.1. The molecular formula is C15H14ClF2NO. The maximum Gasteiger partial charge on any atom is 0.134 e. The zero-order valence-corrected chi connectivity index (χ0v) is 11.6. The van der Waals surface area contributed by atoms with E-state index in [1.54, 1.807) is 19.1 Å². The van der Waals surface area contributed by atoms with E-state index in [-0.39, 0.29) is 22.4 Å². The Morgan fingerprint density at radius 1 is 1.20 bits per heavy atom. The molecule has 0 heterocycles. The van der Waals surface area contributed by atoms with Crippen molar-refractivity contribution >= 4 is 11.6 Å². The lowest BCUT2D eigenvalue weighted by Gasteiger charge is -2.15. The standard InChI is InChI=1S/C15H14ClF2NO/c1-9(12-7-11(17)3-4-14(12)18)19-8-10-2-5-15(20)13(16)6-10/h2-7,9,19-20H,8H2,1H3. The Morgan fingerprint density at radius 3 is 2.65 bits per heavy atom. The summed E-state index contributed by atoms with van der Waals surface area (Å²) in [5, 5.41) is 12.7. The highest BCUT2D eigenvalue weighted by molar-refractivity contribution is 6.32. The number of hydrogen-bond donors (Lipinski definition) is 2. The summed E-state index contributed by atoms with van der Waals surface area (Å²) < 4.78 is 26.7. The number of benzene rings is 2. The fourth-order valence-corrected chi connectivity index (χ4v) is 2.09. The molecule has 0 saturated heterocycles. The van der Waals surface area contributed by atoms with Crippen molar-refractivity contribution in [3.8, 4) is 5.75 Å².